The van der Waals surface area contributed by atoms with E-state index < -0.39 is 0 Å². The minimum atomic E-state index is 0. The van der Waals surface area contributed by atoms with E-state index in [1.54, 1.807) is 0 Å². The largest absolute Gasteiger partial charge is 0.359 e. The van der Waals surface area contributed by atoms with E-state index in [2.05, 4.69) is 5.32 Å². The molecule has 0 saturated carbocycles. The zero-order chi connectivity index (χ0) is 6.83. The van der Waals surface area contributed by atoms with Crippen LogP contribution in [0.3, 0.4) is 0 Å². The number of hydrogen-bond acceptors (Lipinski definition) is 2. The van der Waals surface area contributed by atoms with E-state index in [1.807, 2.05) is 6.92 Å². The van der Waals surface area contributed by atoms with Gasteiger partial charge in [-0.15, -0.1) is 0 Å². The third-order valence-electron chi connectivity index (χ3n) is 0.287. The maximum atomic E-state index is 9.29. The summed E-state index contributed by atoms with van der Waals surface area (Å²) in [7, 11) is 0. The second-order valence-corrected chi connectivity index (χ2v) is 0.911. The first kappa shape index (κ1) is 32.1. The number of hydrogen-bond donors (Lipinski definition) is 1. The number of carbonyl (C=O) groups is 2. The molecule has 3 heteroatoms. The molecule has 0 heterocycles. The lowest BCUT2D eigenvalue weighted by atomic mass is 10.8. The lowest BCUT2D eigenvalue weighted by Crippen LogP contribution is -2.07. The summed E-state index contributed by atoms with van der Waals surface area (Å²) < 4.78 is 0. The second-order valence-electron chi connectivity index (χ2n) is 0.911. The Labute approximate surface area is 71.2 Å². The fraction of sp³-hybridized carbons (Fsp3) is 0.750. The van der Waals surface area contributed by atoms with Gasteiger partial charge in [0.25, 0.3) is 0 Å². The maximum Gasteiger partial charge on any atom is 0.207 e. The van der Waals surface area contributed by atoms with Crippen molar-refractivity contribution in [1.29, 1.82) is 0 Å². The molecule has 72 valence electrons. The number of nitrogens with one attached hydrogen (secondary N) is 1. The molecule has 0 aliphatic rings. The van der Waals surface area contributed by atoms with Gasteiger partial charge in [-0.2, -0.15) is 0 Å². The van der Waals surface area contributed by atoms with E-state index in [0.717, 1.165) is 12.8 Å². The van der Waals surface area contributed by atoms with Crippen LogP contribution in [-0.4, -0.2) is 19.2 Å². The van der Waals surface area contributed by atoms with Crippen LogP contribution in [0.4, 0.5) is 0 Å². The van der Waals surface area contributed by atoms with Gasteiger partial charge >= 0.3 is 0 Å². The molecule has 11 heavy (non-hydrogen) atoms. The minimum Gasteiger partial charge on any atom is -0.359 e. The SMILES string of the molecule is C.C.C.CC=O.CCNC=O. The van der Waals surface area contributed by atoms with Gasteiger partial charge in [0.15, 0.2) is 0 Å². The molecule has 1 amide bonds. The molecule has 0 rings (SSSR count). The summed E-state index contributed by atoms with van der Waals surface area (Å²) in [6.07, 6.45) is 1.43. The van der Waals surface area contributed by atoms with E-state index in [1.165, 1.54) is 6.92 Å². The molecule has 0 aliphatic heterocycles. The van der Waals surface area contributed by atoms with Crippen molar-refractivity contribution >= 4 is 12.7 Å². The van der Waals surface area contributed by atoms with Crippen LogP contribution in [0.5, 0.6) is 0 Å². The summed E-state index contributed by atoms with van der Waals surface area (Å²) in [5.74, 6) is 0. The van der Waals surface area contributed by atoms with Crippen LogP contribution in [0, 0.1) is 0 Å². The summed E-state index contributed by atoms with van der Waals surface area (Å²) >= 11 is 0. The third-order valence-corrected chi connectivity index (χ3v) is 0.287. The summed E-state index contributed by atoms with van der Waals surface area (Å²) in [5, 5.41) is 2.43. The molecule has 1 N–H and O–H groups in total. The molecule has 0 unspecified atom stereocenters. The highest BCUT2D eigenvalue weighted by molar-refractivity contribution is 5.45. The van der Waals surface area contributed by atoms with Gasteiger partial charge in [-0.05, 0) is 13.8 Å². The zero-order valence-electron chi connectivity index (χ0n) is 5.18. The Balaban J connectivity index is -0.0000000183. The molecular weight excluding hydrogens is 142 g/mol. The van der Waals surface area contributed by atoms with Gasteiger partial charge in [-0.3, -0.25) is 4.79 Å². The van der Waals surface area contributed by atoms with Crippen LogP contribution in [0.25, 0.3) is 0 Å². The minimum absolute atomic E-state index is 0. The molecule has 0 spiro atoms. The van der Waals surface area contributed by atoms with Gasteiger partial charge in [0.2, 0.25) is 6.41 Å². The van der Waals surface area contributed by atoms with Gasteiger partial charge in [-0.25, -0.2) is 0 Å². The number of rotatable bonds is 2. The lowest BCUT2D eigenvalue weighted by molar-refractivity contribution is -0.109. The van der Waals surface area contributed by atoms with Crippen molar-refractivity contribution in [3.8, 4) is 0 Å². The van der Waals surface area contributed by atoms with E-state index in [0.29, 0.717) is 6.41 Å². The molecule has 0 aromatic rings. The first-order chi connectivity index (χ1) is 3.83. The number of aldehydes is 1. The topological polar surface area (TPSA) is 46.2 Å². The molecule has 0 radical (unpaired) electrons. The van der Waals surface area contributed by atoms with Gasteiger partial charge in [0.1, 0.15) is 6.29 Å². The Morgan fingerprint density at radius 2 is 1.45 bits per heavy atom. The molecule has 3 nitrogen and oxygen atoms in total. The molecular formula is C8H23NO2. The highest BCUT2D eigenvalue weighted by Crippen LogP contribution is 1.37. The van der Waals surface area contributed by atoms with Gasteiger partial charge in [-0.1, -0.05) is 22.3 Å². The maximum absolute atomic E-state index is 9.29. The number of amides is 1. The van der Waals surface area contributed by atoms with Crippen LogP contribution in [0.15, 0.2) is 0 Å². The zero-order valence-corrected chi connectivity index (χ0v) is 5.18. The van der Waals surface area contributed by atoms with Crippen molar-refractivity contribution in [3.05, 3.63) is 0 Å². The van der Waals surface area contributed by atoms with Crippen LogP contribution in [0.2, 0.25) is 0 Å². The average molecular weight is 165 g/mol. The van der Waals surface area contributed by atoms with Crippen LogP contribution in [0.1, 0.15) is 36.1 Å². The van der Waals surface area contributed by atoms with Crippen molar-refractivity contribution < 1.29 is 9.59 Å². The second kappa shape index (κ2) is 61.4. The van der Waals surface area contributed by atoms with Crippen molar-refractivity contribution in [3.63, 3.8) is 0 Å². The first-order valence-electron chi connectivity index (χ1n) is 2.40. The lowest BCUT2D eigenvalue weighted by Gasteiger charge is -1.78. The summed E-state index contributed by atoms with van der Waals surface area (Å²) in [6.45, 7) is 4.04. The quantitative estimate of drug-likeness (QED) is 0.635. The fourth-order valence-electron chi connectivity index (χ4n) is 0.0833. The Hall–Kier alpha value is -0.860. The van der Waals surface area contributed by atoms with Crippen LogP contribution in [-0.2, 0) is 9.59 Å². The predicted molar refractivity (Wildman–Crippen MR) is 51.7 cm³/mol. The van der Waals surface area contributed by atoms with E-state index in [4.69, 9.17) is 4.79 Å². The average Bonchev–Trinajstić information content (AvgIpc) is 1.71. The molecule has 0 bridgehead atoms. The highest BCUT2D eigenvalue weighted by atomic mass is 16.1. The van der Waals surface area contributed by atoms with Crippen molar-refractivity contribution in [2.24, 2.45) is 0 Å². The van der Waals surface area contributed by atoms with Gasteiger partial charge < -0.3 is 10.1 Å². The molecule has 0 fully saturated rings. The first-order valence-corrected chi connectivity index (χ1v) is 2.40. The van der Waals surface area contributed by atoms with Crippen molar-refractivity contribution in [2.45, 2.75) is 36.1 Å². The molecule has 0 atom stereocenters. The fourth-order valence-corrected chi connectivity index (χ4v) is 0.0833. The van der Waals surface area contributed by atoms with E-state index in [-0.39, 0.29) is 22.3 Å². The summed E-state index contributed by atoms with van der Waals surface area (Å²) in [4.78, 5) is 18.1. The Bertz CT molecular complexity index is 56.1. The molecule has 0 aliphatic carbocycles. The summed E-state index contributed by atoms with van der Waals surface area (Å²) in [6, 6.07) is 0. The van der Waals surface area contributed by atoms with Crippen molar-refractivity contribution in [1.82, 2.24) is 5.32 Å². The van der Waals surface area contributed by atoms with Gasteiger partial charge in [0.05, 0.1) is 0 Å². The Morgan fingerprint density at radius 3 is 1.45 bits per heavy atom. The normalized spacial score (nSPS) is 4.18. The van der Waals surface area contributed by atoms with Crippen LogP contribution >= 0.6 is 0 Å². The van der Waals surface area contributed by atoms with E-state index >= 15 is 0 Å². The number of carbonyl (C=O) groups excluding carboxylic acids is 2. The molecule has 0 aromatic carbocycles. The summed E-state index contributed by atoms with van der Waals surface area (Å²) in [5.41, 5.74) is 0. The molecule has 0 saturated heterocycles. The van der Waals surface area contributed by atoms with Crippen molar-refractivity contribution in [2.75, 3.05) is 6.54 Å². The van der Waals surface area contributed by atoms with Crippen LogP contribution < -0.4 is 5.32 Å². The monoisotopic (exact) mass is 165 g/mol. The molecule has 0 aromatic heterocycles. The van der Waals surface area contributed by atoms with E-state index in [9.17, 15) is 4.79 Å². The van der Waals surface area contributed by atoms with Gasteiger partial charge in [0, 0.05) is 6.54 Å². The Morgan fingerprint density at radius 1 is 1.18 bits per heavy atom. The smallest absolute Gasteiger partial charge is 0.207 e. The highest BCUT2D eigenvalue weighted by Gasteiger charge is 1.59. The predicted octanol–water partition coefficient (Wildman–Crippen LogP) is 1.87. The standard InChI is InChI=1S/C3H7NO.C2H4O.3CH4/c1-2-4-3-5;1-2-3;;;/h3H,2H2,1H3,(H,4,5);2H,1H3;3*1H4. The Kier molecular flexibility index (Phi) is 179. The third kappa shape index (κ3) is 359.